The Morgan fingerprint density at radius 2 is 1.30 bits per heavy atom. The van der Waals surface area contributed by atoms with Crippen LogP contribution in [-0.4, -0.2) is 16.1 Å². The molecule has 0 aliphatic carbocycles. The summed E-state index contributed by atoms with van der Waals surface area (Å²) in [5.41, 5.74) is 1.91. The van der Waals surface area contributed by atoms with E-state index in [9.17, 15) is 18.7 Å². The lowest BCUT2D eigenvalue weighted by atomic mass is 10.0. The minimum Gasteiger partial charge on any atom is -0.478 e. The number of halogens is 2. The summed E-state index contributed by atoms with van der Waals surface area (Å²) in [5, 5.41) is 9.32. The molecule has 0 unspecified atom stereocenters. The summed E-state index contributed by atoms with van der Waals surface area (Å²) in [4.78, 5) is 15.8. The molecule has 1 heterocycles. The van der Waals surface area contributed by atoms with Crippen LogP contribution in [0.2, 0.25) is 0 Å². The molecule has 114 valence electrons. The smallest absolute Gasteiger partial charge is 0.337 e. The third-order valence-corrected chi connectivity index (χ3v) is 3.38. The van der Waals surface area contributed by atoms with E-state index in [-0.39, 0.29) is 17.1 Å². The Balaban J connectivity index is 2.15. The van der Waals surface area contributed by atoms with E-state index in [1.165, 1.54) is 42.5 Å². The number of carboxylic acids is 1. The summed E-state index contributed by atoms with van der Waals surface area (Å²) < 4.78 is 26.1. The molecule has 0 bridgehead atoms. The molecule has 0 spiro atoms. The van der Waals surface area contributed by atoms with Gasteiger partial charge in [0.05, 0.1) is 17.0 Å². The number of aromatic nitrogens is 1. The summed E-state index contributed by atoms with van der Waals surface area (Å²) in [6.07, 6.45) is 0. The minimum absolute atomic E-state index is 0.0162. The van der Waals surface area contributed by atoms with Crippen LogP contribution in [-0.2, 0) is 0 Å². The first-order valence-corrected chi connectivity index (χ1v) is 6.81. The lowest BCUT2D eigenvalue weighted by molar-refractivity contribution is 0.0697. The first kappa shape index (κ1) is 14.8. The predicted octanol–water partition coefficient (Wildman–Crippen LogP) is 4.39. The van der Waals surface area contributed by atoms with Gasteiger partial charge in [0.15, 0.2) is 0 Å². The van der Waals surface area contributed by atoms with Gasteiger partial charge in [-0.05, 0) is 60.7 Å². The van der Waals surface area contributed by atoms with Crippen LogP contribution in [0.25, 0.3) is 22.5 Å². The van der Waals surface area contributed by atoms with E-state index in [4.69, 9.17) is 0 Å². The van der Waals surface area contributed by atoms with Gasteiger partial charge in [0.1, 0.15) is 11.6 Å². The minimum atomic E-state index is -1.12. The maximum atomic E-state index is 13.1. The van der Waals surface area contributed by atoms with Gasteiger partial charge in [-0.25, -0.2) is 18.6 Å². The molecule has 3 nitrogen and oxygen atoms in total. The second-order valence-corrected chi connectivity index (χ2v) is 4.91. The molecule has 0 radical (unpaired) electrons. The molecule has 3 aromatic rings. The van der Waals surface area contributed by atoms with Crippen molar-refractivity contribution in [3.63, 3.8) is 0 Å². The number of hydrogen-bond acceptors (Lipinski definition) is 2. The van der Waals surface area contributed by atoms with Crippen LogP contribution < -0.4 is 0 Å². The molecule has 0 saturated carbocycles. The molecular weight excluding hydrogens is 300 g/mol. The largest absolute Gasteiger partial charge is 0.478 e. The standard InChI is InChI=1S/C18H11F2NO2/c19-13-5-1-11(2-6-13)16-10-9-15(18(22)23)17(21-16)12-3-7-14(20)8-4-12/h1-10H,(H,22,23). The third kappa shape index (κ3) is 3.08. The molecule has 0 aliphatic heterocycles. The topological polar surface area (TPSA) is 50.2 Å². The van der Waals surface area contributed by atoms with E-state index in [1.54, 1.807) is 18.2 Å². The van der Waals surface area contributed by atoms with Gasteiger partial charge in [0, 0.05) is 11.1 Å². The van der Waals surface area contributed by atoms with Gasteiger partial charge in [-0.3, -0.25) is 0 Å². The van der Waals surface area contributed by atoms with Crippen molar-refractivity contribution < 1.29 is 18.7 Å². The molecule has 0 aliphatic rings. The SMILES string of the molecule is O=C(O)c1ccc(-c2ccc(F)cc2)nc1-c1ccc(F)cc1. The highest BCUT2D eigenvalue weighted by Crippen LogP contribution is 2.26. The molecule has 0 amide bonds. The zero-order valence-electron chi connectivity index (χ0n) is 11.8. The normalized spacial score (nSPS) is 10.5. The van der Waals surface area contributed by atoms with Crippen molar-refractivity contribution in [2.75, 3.05) is 0 Å². The van der Waals surface area contributed by atoms with Crippen molar-refractivity contribution in [2.24, 2.45) is 0 Å². The van der Waals surface area contributed by atoms with Gasteiger partial charge in [0.25, 0.3) is 0 Å². The van der Waals surface area contributed by atoms with Gasteiger partial charge in [-0.2, -0.15) is 0 Å². The van der Waals surface area contributed by atoms with Crippen LogP contribution in [0.15, 0.2) is 60.7 Å². The number of nitrogens with zero attached hydrogens (tertiary/aromatic N) is 1. The van der Waals surface area contributed by atoms with Crippen molar-refractivity contribution in [1.82, 2.24) is 4.98 Å². The fourth-order valence-electron chi connectivity index (χ4n) is 2.24. The van der Waals surface area contributed by atoms with Crippen LogP contribution in [0.4, 0.5) is 8.78 Å². The number of aromatic carboxylic acids is 1. The van der Waals surface area contributed by atoms with Gasteiger partial charge in [-0.1, -0.05) is 0 Å². The van der Waals surface area contributed by atoms with Crippen LogP contribution >= 0.6 is 0 Å². The Morgan fingerprint density at radius 3 is 1.83 bits per heavy atom. The quantitative estimate of drug-likeness (QED) is 0.780. The number of hydrogen-bond donors (Lipinski definition) is 1. The van der Waals surface area contributed by atoms with E-state index in [2.05, 4.69) is 4.98 Å². The number of benzene rings is 2. The van der Waals surface area contributed by atoms with Crippen molar-refractivity contribution in [3.05, 3.63) is 77.9 Å². The number of rotatable bonds is 3. The summed E-state index contributed by atoms with van der Waals surface area (Å²) >= 11 is 0. The van der Waals surface area contributed by atoms with Crippen molar-refractivity contribution in [2.45, 2.75) is 0 Å². The molecular formula is C18H11F2NO2. The lowest BCUT2D eigenvalue weighted by Crippen LogP contribution is -2.02. The van der Waals surface area contributed by atoms with Gasteiger partial charge in [0.2, 0.25) is 0 Å². The van der Waals surface area contributed by atoms with Crippen LogP contribution in [0.3, 0.4) is 0 Å². The zero-order chi connectivity index (χ0) is 16.4. The summed E-state index contributed by atoms with van der Waals surface area (Å²) in [5.74, 6) is -1.91. The Labute approximate surface area is 130 Å². The number of carboxylic acid groups (broad SMARTS) is 1. The Bertz CT molecular complexity index is 859. The second kappa shape index (κ2) is 5.96. The van der Waals surface area contributed by atoms with Crippen molar-refractivity contribution in [1.29, 1.82) is 0 Å². The van der Waals surface area contributed by atoms with E-state index in [0.717, 1.165) is 0 Å². The van der Waals surface area contributed by atoms with E-state index < -0.39 is 11.8 Å². The first-order valence-electron chi connectivity index (χ1n) is 6.81. The molecule has 0 atom stereocenters. The van der Waals surface area contributed by atoms with Gasteiger partial charge < -0.3 is 5.11 Å². The van der Waals surface area contributed by atoms with Crippen LogP contribution in [0.5, 0.6) is 0 Å². The maximum absolute atomic E-state index is 13.1. The second-order valence-electron chi connectivity index (χ2n) is 4.91. The van der Waals surface area contributed by atoms with E-state index in [0.29, 0.717) is 16.8 Å². The average Bonchev–Trinajstić information content (AvgIpc) is 2.55. The van der Waals surface area contributed by atoms with Crippen LogP contribution in [0, 0.1) is 11.6 Å². The maximum Gasteiger partial charge on any atom is 0.337 e. The first-order chi connectivity index (χ1) is 11.0. The Hall–Kier alpha value is -3.08. The monoisotopic (exact) mass is 311 g/mol. The molecule has 1 N–H and O–H groups in total. The zero-order valence-corrected chi connectivity index (χ0v) is 11.8. The molecule has 3 rings (SSSR count). The fraction of sp³-hybridized carbons (Fsp3) is 0. The third-order valence-electron chi connectivity index (χ3n) is 3.38. The summed E-state index contributed by atoms with van der Waals surface area (Å²) in [6.45, 7) is 0. The molecule has 2 aromatic carbocycles. The summed E-state index contributed by atoms with van der Waals surface area (Å²) in [7, 11) is 0. The summed E-state index contributed by atoms with van der Waals surface area (Å²) in [6, 6.07) is 14.2. The van der Waals surface area contributed by atoms with Gasteiger partial charge in [-0.15, -0.1) is 0 Å². The molecule has 23 heavy (non-hydrogen) atoms. The predicted molar refractivity (Wildman–Crippen MR) is 82.0 cm³/mol. The lowest BCUT2D eigenvalue weighted by Gasteiger charge is -2.09. The van der Waals surface area contributed by atoms with Crippen molar-refractivity contribution in [3.8, 4) is 22.5 Å². The van der Waals surface area contributed by atoms with Gasteiger partial charge >= 0.3 is 5.97 Å². The number of pyridine rings is 1. The molecule has 5 heteroatoms. The molecule has 0 fully saturated rings. The molecule has 0 saturated heterocycles. The van der Waals surface area contributed by atoms with Crippen molar-refractivity contribution >= 4 is 5.97 Å². The molecule has 1 aromatic heterocycles. The van der Waals surface area contributed by atoms with E-state index in [1.807, 2.05) is 0 Å². The Morgan fingerprint density at radius 1 is 0.783 bits per heavy atom. The number of carbonyl (C=O) groups is 1. The van der Waals surface area contributed by atoms with E-state index >= 15 is 0 Å². The highest BCUT2D eigenvalue weighted by molar-refractivity contribution is 5.95. The highest BCUT2D eigenvalue weighted by Gasteiger charge is 2.15. The average molecular weight is 311 g/mol. The highest BCUT2D eigenvalue weighted by atomic mass is 19.1. The van der Waals surface area contributed by atoms with Crippen LogP contribution in [0.1, 0.15) is 10.4 Å². The Kier molecular flexibility index (Phi) is 3.85. The fourth-order valence-corrected chi connectivity index (χ4v) is 2.24.